The van der Waals surface area contributed by atoms with Crippen molar-refractivity contribution in [3.63, 3.8) is 0 Å². The van der Waals surface area contributed by atoms with E-state index in [-0.39, 0.29) is 28.3 Å². The molecule has 0 bridgehead atoms. The van der Waals surface area contributed by atoms with Crippen molar-refractivity contribution in [2.24, 2.45) is 5.92 Å². The van der Waals surface area contributed by atoms with Gasteiger partial charge < -0.3 is 20.0 Å². The number of carbonyl (C=O) groups is 1. The van der Waals surface area contributed by atoms with Gasteiger partial charge in [-0.1, -0.05) is 36.4 Å². The van der Waals surface area contributed by atoms with E-state index in [0.29, 0.717) is 11.4 Å². The number of allylic oxidation sites excluding steroid dienone is 2. The lowest BCUT2D eigenvalue weighted by atomic mass is 9.77. The maximum atomic E-state index is 13.1. The van der Waals surface area contributed by atoms with Crippen LogP contribution in [-0.2, 0) is 10.0 Å². The fourth-order valence-corrected chi connectivity index (χ4v) is 5.86. The molecule has 1 aliphatic carbocycles. The van der Waals surface area contributed by atoms with Gasteiger partial charge in [0.25, 0.3) is 10.0 Å². The Labute approximate surface area is 198 Å². The van der Waals surface area contributed by atoms with E-state index in [2.05, 4.69) is 22.2 Å². The molecule has 1 heterocycles. The number of ether oxygens (including phenoxy) is 1. The van der Waals surface area contributed by atoms with Gasteiger partial charge in [-0.05, 0) is 71.5 Å². The standard InChI is InChI=1S/C26H24N2O5S/c1-33-19-11-9-18(10-12-19)28-34(31,32)20-13-14-24-23(15-20)21-3-2-4-22(21)25(27-24)16-5-7-17(8-6-16)26(29)30/h2-3,5-15,21-22,25,27-28H,4H2,1H3,(H,29,30)/p-1/t21-,22+,25+/m0/s1. The molecule has 8 heteroatoms. The second-order valence-electron chi connectivity index (χ2n) is 8.47. The number of anilines is 2. The Kier molecular flexibility index (Phi) is 5.53. The summed E-state index contributed by atoms with van der Waals surface area (Å²) in [6.07, 6.45) is 5.08. The molecule has 5 rings (SSSR count). The van der Waals surface area contributed by atoms with E-state index < -0.39 is 16.0 Å². The van der Waals surface area contributed by atoms with Crippen molar-refractivity contribution in [1.82, 2.24) is 0 Å². The average Bonchev–Trinajstić information content (AvgIpc) is 3.34. The van der Waals surface area contributed by atoms with Crippen molar-refractivity contribution in [3.8, 4) is 5.75 Å². The lowest BCUT2D eigenvalue weighted by molar-refractivity contribution is -0.255. The minimum atomic E-state index is -3.78. The van der Waals surface area contributed by atoms with Crippen molar-refractivity contribution in [3.05, 3.63) is 95.6 Å². The Morgan fingerprint density at radius 2 is 1.79 bits per heavy atom. The summed E-state index contributed by atoms with van der Waals surface area (Å²) < 4.78 is 33.9. The largest absolute Gasteiger partial charge is 0.545 e. The molecule has 0 radical (unpaired) electrons. The summed E-state index contributed by atoms with van der Waals surface area (Å²) >= 11 is 0. The van der Waals surface area contributed by atoms with Crippen LogP contribution < -0.4 is 19.9 Å². The molecule has 3 aromatic rings. The molecular weight excluding hydrogens is 452 g/mol. The minimum absolute atomic E-state index is 0.0248. The van der Waals surface area contributed by atoms with Crippen LogP contribution >= 0.6 is 0 Å². The lowest BCUT2D eigenvalue weighted by Crippen LogP contribution is -2.29. The number of carboxylic acids is 1. The fourth-order valence-electron chi connectivity index (χ4n) is 4.77. The van der Waals surface area contributed by atoms with Gasteiger partial charge in [0.2, 0.25) is 0 Å². The van der Waals surface area contributed by atoms with Crippen LogP contribution in [0.1, 0.15) is 39.9 Å². The van der Waals surface area contributed by atoms with Crippen molar-refractivity contribution < 1.29 is 23.1 Å². The van der Waals surface area contributed by atoms with E-state index in [1.54, 1.807) is 73.8 Å². The summed E-state index contributed by atoms with van der Waals surface area (Å²) in [7, 11) is -2.22. The van der Waals surface area contributed by atoms with Crippen LogP contribution in [0.3, 0.4) is 0 Å². The van der Waals surface area contributed by atoms with Crippen molar-refractivity contribution in [2.75, 3.05) is 17.1 Å². The molecule has 0 saturated carbocycles. The number of fused-ring (bicyclic) bond motifs is 3. The first kappa shape index (κ1) is 22.0. The topological polar surface area (TPSA) is 108 Å². The molecule has 7 nitrogen and oxygen atoms in total. The molecule has 2 N–H and O–H groups in total. The van der Waals surface area contributed by atoms with E-state index in [1.165, 1.54) is 0 Å². The summed E-state index contributed by atoms with van der Waals surface area (Å²) in [6, 6.07) is 18.5. The zero-order chi connectivity index (χ0) is 23.9. The molecule has 174 valence electrons. The van der Waals surface area contributed by atoms with Gasteiger partial charge in [0.1, 0.15) is 5.75 Å². The number of sulfonamides is 1. The van der Waals surface area contributed by atoms with Crippen LogP contribution in [0.25, 0.3) is 0 Å². The third kappa shape index (κ3) is 4.01. The van der Waals surface area contributed by atoms with Crippen LogP contribution in [0.2, 0.25) is 0 Å². The minimum Gasteiger partial charge on any atom is -0.545 e. The van der Waals surface area contributed by atoms with Gasteiger partial charge in [-0.15, -0.1) is 0 Å². The Morgan fingerprint density at radius 3 is 2.47 bits per heavy atom. The number of aromatic carboxylic acids is 1. The first-order chi connectivity index (χ1) is 16.4. The predicted molar refractivity (Wildman–Crippen MR) is 127 cm³/mol. The average molecular weight is 476 g/mol. The third-order valence-electron chi connectivity index (χ3n) is 6.49. The number of carboxylic acid groups (broad SMARTS) is 1. The van der Waals surface area contributed by atoms with Crippen LogP contribution in [0.4, 0.5) is 11.4 Å². The number of hydrogen-bond acceptors (Lipinski definition) is 6. The highest BCUT2D eigenvalue weighted by Crippen LogP contribution is 2.50. The highest BCUT2D eigenvalue weighted by Gasteiger charge is 2.38. The van der Waals surface area contributed by atoms with Crippen molar-refractivity contribution >= 4 is 27.4 Å². The van der Waals surface area contributed by atoms with Gasteiger partial charge in [0.05, 0.1) is 24.0 Å². The summed E-state index contributed by atoms with van der Waals surface area (Å²) in [6.45, 7) is 0. The third-order valence-corrected chi connectivity index (χ3v) is 7.87. The number of rotatable bonds is 6. The van der Waals surface area contributed by atoms with E-state index >= 15 is 0 Å². The van der Waals surface area contributed by atoms with Gasteiger partial charge in [-0.3, -0.25) is 4.72 Å². The van der Waals surface area contributed by atoms with E-state index in [0.717, 1.165) is 23.2 Å². The molecular formula is C26H23N2O5S-. The SMILES string of the molecule is COc1ccc(NS(=O)(=O)c2ccc3c(c2)[C@H]2C=CC[C@H]2[C@@H](c2ccc(C(=O)[O-])cc2)N3)cc1. The second kappa shape index (κ2) is 8.53. The second-order valence-corrected chi connectivity index (χ2v) is 10.2. The number of nitrogens with one attached hydrogen (secondary N) is 2. The molecule has 2 aliphatic rings. The maximum Gasteiger partial charge on any atom is 0.261 e. The van der Waals surface area contributed by atoms with Crippen molar-refractivity contribution in [2.45, 2.75) is 23.3 Å². The fraction of sp³-hybridized carbons (Fsp3) is 0.192. The summed E-state index contributed by atoms with van der Waals surface area (Å²) in [5.41, 5.74) is 3.37. The number of benzene rings is 3. The molecule has 1 aliphatic heterocycles. The summed E-state index contributed by atoms with van der Waals surface area (Å²) in [5, 5.41) is 14.6. The van der Waals surface area contributed by atoms with Gasteiger partial charge in [0, 0.05) is 17.3 Å². The lowest BCUT2D eigenvalue weighted by Gasteiger charge is -2.37. The molecule has 0 unspecified atom stereocenters. The smallest absolute Gasteiger partial charge is 0.261 e. The Bertz CT molecular complexity index is 1370. The number of hydrogen-bond donors (Lipinski definition) is 2. The van der Waals surface area contributed by atoms with Gasteiger partial charge in [-0.2, -0.15) is 0 Å². The van der Waals surface area contributed by atoms with Crippen LogP contribution in [0.5, 0.6) is 5.75 Å². The normalized spacial score (nSPS) is 20.7. The molecule has 0 fully saturated rings. The first-order valence-electron chi connectivity index (χ1n) is 10.9. The monoisotopic (exact) mass is 475 g/mol. The molecule has 3 atom stereocenters. The first-order valence-corrected chi connectivity index (χ1v) is 12.4. The van der Waals surface area contributed by atoms with Gasteiger partial charge >= 0.3 is 0 Å². The van der Waals surface area contributed by atoms with Crippen LogP contribution in [0.15, 0.2) is 83.8 Å². The zero-order valence-electron chi connectivity index (χ0n) is 18.4. The predicted octanol–water partition coefficient (Wildman–Crippen LogP) is 3.69. The van der Waals surface area contributed by atoms with Crippen molar-refractivity contribution in [1.29, 1.82) is 0 Å². The summed E-state index contributed by atoms with van der Waals surface area (Å²) in [4.78, 5) is 11.3. The van der Waals surface area contributed by atoms with Gasteiger partial charge in [0.15, 0.2) is 0 Å². The summed E-state index contributed by atoms with van der Waals surface area (Å²) in [5.74, 6) is -0.316. The maximum absolute atomic E-state index is 13.1. The highest BCUT2D eigenvalue weighted by molar-refractivity contribution is 7.92. The molecule has 0 amide bonds. The quantitative estimate of drug-likeness (QED) is 0.527. The van der Waals surface area contributed by atoms with E-state index in [1.807, 2.05) is 0 Å². The van der Waals surface area contributed by atoms with E-state index in [9.17, 15) is 18.3 Å². The zero-order valence-corrected chi connectivity index (χ0v) is 19.2. The Hall–Kier alpha value is -3.78. The highest BCUT2D eigenvalue weighted by atomic mass is 32.2. The molecule has 0 saturated heterocycles. The van der Waals surface area contributed by atoms with Crippen LogP contribution in [0, 0.1) is 5.92 Å². The van der Waals surface area contributed by atoms with Crippen LogP contribution in [-0.4, -0.2) is 21.5 Å². The number of carbonyl (C=O) groups excluding carboxylic acids is 1. The number of methoxy groups -OCH3 is 1. The Morgan fingerprint density at radius 1 is 1.06 bits per heavy atom. The molecule has 3 aromatic carbocycles. The molecule has 0 aromatic heterocycles. The molecule has 0 spiro atoms. The molecule has 34 heavy (non-hydrogen) atoms. The Balaban J connectivity index is 1.44. The van der Waals surface area contributed by atoms with Gasteiger partial charge in [-0.25, -0.2) is 8.42 Å². The van der Waals surface area contributed by atoms with E-state index in [4.69, 9.17) is 4.74 Å².